The Morgan fingerprint density at radius 1 is 0.366 bits per heavy atom. The average Bonchev–Trinajstić information content (AvgIpc) is 3.31. The van der Waals surface area contributed by atoms with Gasteiger partial charge in [0.1, 0.15) is 11.5 Å². The maximum Gasteiger partial charge on any atom is 0.132 e. The molecule has 0 spiro atoms. The van der Waals surface area contributed by atoms with Gasteiger partial charge < -0.3 is 4.74 Å². The van der Waals surface area contributed by atoms with Crippen LogP contribution in [-0.4, -0.2) is 0 Å². The summed E-state index contributed by atoms with van der Waals surface area (Å²) in [4.78, 5) is 0. The van der Waals surface area contributed by atoms with Gasteiger partial charge in [-0.15, -0.1) is 0 Å². The number of benzene rings is 6. The molecule has 196 valence electrons. The van der Waals surface area contributed by atoms with Gasteiger partial charge in [-0.2, -0.15) is 0 Å². The summed E-state index contributed by atoms with van der Waals surface area (Å²) in [6.07, 6.45) is 0. The van der Waals surface area contributed by atoms with Crippen LogP contribution in [0.3, 0.4) is 0 Å². The summed E-state index contributed by atoms with van der Waals surface area (Å²) in [7, 11) is 0. The normalized spacial score (nSPS) is 19.9. The first-order valence-corrected chi connectivity index (χ1v) is 14.4. The van der Waals surface area contributed by atoms with Crippen LogP contribution in [0, 0.1) is 0 Å². The Balaban J connectivity index is 1.47. The summed E-state index contributed by atoms with van der Waals surface area (Å²) in [5, 5.41) is 0. The summed E-state index contributed by atoms with van der Waals surface area (Å²) in [5.41, 5.74) is 12.1. The zero-order valence-corrected chi connectivity index (χ0v) is 23.3. The Bertz CT molecular complexity index is 1940. The monoisotopic (exact) mass is 526 g/mol. The fourth-order valence-electron chi connectivity index (χ4n) is 7.55. The number of hydrogen-bond acceptors (Lipinski definition) is 1. The molecule has 1 aliphatic carbocycles. The molecule has 0 saturated carbocycles. The van der Waals surface area contributed by atoms with Gasteiger partial charge in [0, 0.05) is 16.5 Å². The maximum atomic E-state index is 6.67. The lowest BCUT2D eigenvalue weighted by atomic mass is 9.66. The molecule has 0 saturated heterocycles. The van der Waals surface area contributed by atoms with Gasteiger partial charge in [0.15, 0.2) is 0 Å². The van der Waals surface area contributed by atoms with E-state index in [1.807, 2.05) is 0 Å². The number of para-hydroxylation sites is 1. The highest BCUT2D eigenvalue weighted by Crippen LogP contribution is 2.59. The van der Waals surface area contributed by atoms with Gasteiger partial charge in [-0.05, 0) is 70.5 Å². The fraction of sp³-hybridized carbons (Fsp3) is 0.100. The number of fused-ring (bicyclic) bond motifs is 5. The zero-order valence-electron chi connectivity index (χ0n) is 23.3. The molecule has 0 radical (unpaired) electrons. The van der Waals surface area contributed by atoms with Gasteiger partial charge in [0.2, 0.25) is 0 Å². The Kier molecular flexibility index (Phi) is 5.15. The van der Waals surface area contributed by atoms with Crippen molar-refractivity contribution in [1.29, 1.82) is 0 Å². The molecule has 2 unspecified atom stereocenters. The third kappa shape index (κ3) is 3.24. The van der Waals surface area contributed by atoms with Gasteiger partial charge in [-0.3, -0.25) is 0 Å². The highest BCUT2D eigenvalue weighted by molar-refractivity contribution is 5.92. The van der Waals surface area contributed by atoms with E-state index in [2.05, 4.69) is 159 Å². The molecule has 1 aliphatic heterocycles. The zero-order chi connectivity index (χ0) is 27.6. The van der Waals surface area contributed by atoms with Crippen molar-refractivity contribution in [3.8, 4) is 33.8 Å². The van der Waals surface area contributed by atoms with Crippen molar-refractivity contribution in [1.82, 2.24) is 0 Å². The molecule has 0 bridgehead atoms. The lowest BCUT2D eigenvalue weighted by Gasteiger charge is -2.40. The van der Waals surface area contributed by atoms with Crippen LogP contribution >= 0.6 is 0 Å². The van der Waals surface area contributed by atoms with Crippen molar-refractivity contribution >= 4 is 0 Å². The smallest absolute Gasteiger partial charge is 0.132 e. The lowest BCUT2D eigenvalue weighted by Crippen LogP contribution is -2.30. The summed E-state index contributed by atoms with van der Waals surface area (Å²) < 4.78 is 6.67. The van der Waals surface area contributed by atoms with Crippen LogP contribution in [0.15, 0.2) is 146 Å². The summed E-state index contributed by atoms with van der Waals surface area (Å²) >= 11 is 0. The fourth-order valence-corrected chi connectivity index (χ4v) is 7.55. The second-order valence-electron chi connectivity index (χ2n) is 11.5. The van der Waals surface area contributed by atoms with E-state index in [1.54, 1.807) is 0 Å². The standard InChI is InChI=1S/C40H30O/c1-39(27-15-5-3-6-16-27)33-23-10-9-19-29(33)30-20-13-21-31(37(30)39)32-22-14-26-36-38(32)40(2,28-17-7-4-8-18-28)34-24-11-12-25-35(34)41-36/h3-26H,1-2H3. The molecule has 0 amide bonds. The SMILES string of the molecule is CC1(c2ccccc2)c2ccccc2Oc2cccc(-c3cccc4c3C(C)(c3ccccc3)c3ccccc3-4)c21. The Labute approximate surface area is 241 Å². The molecule has 1 heteroatoms. The third-order valence-electron chi connectivity index (χ3n) is 9.48. The van der Waals surface area contributed by atoms with E-state index in [-0.39, 0.29) is 5.41 Å². The molecule has 0 N–H and O–H groups in total. The van der Waals surface area contributed by atoms with E-state index in [0.29, 0.717) is 0 Å². The Hall–Kier alpha value is -4.88. The van der Waals surface area contributed by atoms with Gasteiger partial charge >= 0.3 is 0 Å². The second kappa shape index (κ2) is 8.81. The molecule has 0 fully saturated rings. The molecule has 2 atom stereocenters. The van der Waals surface area contributed by atoms with E-state index < -0.39 is 5.41 Å². The van der Waals surface area contributed by atoms with Gasteiger partial charge in [-0.1, -0.05) is 133 Å². The Morgan fingerprint density at radius 2 is 0.805 bits per heavy atom. The molecular weight excluding hydrogens is 496 g/mol. The van der Waals surface area contributed by atoms with Crippen LogP contribution in [0.1, 0.15) is 47.2 Å². The number of hydrogen-bond donors (Lipinski definition) is 0. The molecular formula is C40H30O. The van der Waals surface area contributed by atoms with Crippen molar-refractivity contribution in [2.45, 2.75) is 24.7 Å². The second-order valence-corrected chi connectivity index (χ2v) is 11.5. The van der Waals surface area contributed by atoms with Crippen molar-refractivity contribution < 1.29 is 4.74 Å². The molecule has 2 aliphatic rings. The lowest BCUT2D eigenvalue weighted by molar-refractivity contribution is 0.428. The van der Waals surface area contributed by atoms with Crippen molar-refractivity contribution in [2.24, 2.45) is 0 Å². The highest BCUT2D eigenvalue weighted by atomic mass is 16.5. The highest BCUT2D eigenvalue weighted by Gasteiger charge is 2.45. The van der Waals surface area contributed by atoms with Crippen LogP contribution in [-0.2, 0) is 10.8 Å². The predicted molar refractivity (Wildman–Crippen MR) is 168 cm³/mol. The predicted octanol–water partition coefficient (Wildman–Crippen LogP) is 10.1. The largest absolute Gasteiger partial charge is 0.457 e. The Morgan fingerprint density at radius 3 is 1.49 bits per heavy atom. The van der Waals surface area contributed by atoms with Gasteiger partial charge in [-0.25, -0.2) is 0 Å². The van der Waals surface area contributed by atoms with Crippen molar-refractivity contribution in [3.05, 3.63) is 179 Å². The minimum Gasteiger partial charge on any atom is -0.457 e. The van der Waals surface area contributed by atoms with E-state index in [9.17, 15) is 0 Å². The van der Waals surface area contributed by atoms with Crippen molar-refractivity contribution in [3.63, 3.8) is 0 Å². The van der Waals surface area contributed by atoms with Gasteiger partial charge in [0.05, 0.1) is 5.41 Å². The molecule has 6 aromatic carbocycles. The van der Waals surface area contributed by atoms with Crippen LogP contribution in [0.4, 0.5) is 0 Å². The maximum absolute atomic E-state index is 6.67. The summed E-state index contributed by atoms with van der Waals surface area (Å²) in [6, 6.07) is 52.7. The minimum atomic E-state index is -0.403. The summed E-state index contributed by atoms with van der Waals surface area (Å²) in [5.74, 6) is 1.84. The van der Waals surface area contributed by atoms with Crippen LogP contribution < -0.4 is 4.74 Å². The van der Waals surface area contributed by atoms with Crippen LogP contribution in [0.25, 0.3) is 22.3 Å². The van der Waals surface area contributed by atoms with E-state index >= 15 is 0 Å². The topological polar surface area (TPSA) is 9.23 Å². The summed E-state index contributed by atoms with van der Waals surface area (Å²) in [6.45, 7) is 4.76. The first kappa shape index (κ1) is 24.0. The molecule has 41 heavy (non-hydrogen) atoms. The molecule has 0 aromatic heterocycles. The number of rotatable bonds is 3. The first-order chi connectivity index (χ1) is 20.1. The van der Waals surface area contributed by atoms with E-state index in [0.717, 1.165) is 11.5 Å². The van der Waals surface area contributed by atoms with Crippen LogP contribution in [0.2, 0.25) is 0 Å². The minimum absolute atomic E-state index is 0.302. The first-order valence-electron chi connectivity index (χ1n) is 14.4. The van der Waals surface area contributed by atoms with E-state index in [1.165, 1.54) is 55.6 Å². The van der Waals surface area contributed by atoms with Crippen molar-refractivity contribution in [2.75, 3.05) is 0 Å². The van der Waals surface area contributed by atoms with Crippen LogP contribution in [0.5, 0.6) is 11.5 Å². The third-order valence-corrected chi connectivity index (χ3v) is 9.48. The number of ether oxygens (including phenoxy) is 1. The molecule has 1 nitrogen and oxygen atoms in total. The van der Waals surface area contributed by atoms with Gasteiger partial charge in [0.25, 0.3) is 0 Å². The molecule has 8 rings (SSSR count). The van der Waals surface area contributed by atoms with E-state index in [4.69, 9.17) is 4.74 Å². The average molecular weight is 527 g/mol. The quantitative estimate of drug-likeness (QED) is 0.223. The molecule has 1 heterocycles. The molecule has 6 aromatic rings.